The van der Waals surface area contributed by atoms with Crippen molar-refractivity contribution in [3.05, 3.63) is 0 Å². The van der Waals surface area contributed by atoms with Crippen molar-refractivity contribution in [2.75, 3.05) is 26.3 Å². The second-order valence-electron chi connectivity index (χ2n) is 4.39. The molecule has 0 unspecified atom stereocenters. The van der Waals surface area contributed by atoms with Gasteiger partial charge in [0.1, 0.15) is 0 Å². The summed E-state index contributed by atoms with van der Waals surface area (Å²) in [7, 11) is 0. The first-order valence-corrected chi connectivity index (χ1v) is 5.59. The van der Waals surface area contributed by atoms with E-state index in [2.05, 4.69) is 12.2 Å². The quantitative estimate of drug-likeness (QED) is 0.563. The molecule has 1 amide bonds. The predicted octanol–water partition coefficient (Wildman–Crippen LogP) is 0.904. The first-order valence-electron chi connectivity index (χ1n) is 5.59. The Morgan fingerprint density at radius 2 is 2.07 bits per heavy atom. The van der Waals surface area contributed by atoms with E-state index >= 15 is 0 Å². The van der Waals surface area contributed by atoms with Crippen molar-refractivity contribution in [2.45, 2.75) is 33.6 Å². The van der Waals surface area contributed by atoms with Gasteiger partial charge in [0.2, 0.25) is 5.91 Å². The first kappa shape index (κ1) is 14.4. The lowest BCUT2D eigenvalue weighted by atomic mass is 9.93. The van der Waals surface area contributed by atoms with Gasteiger partial charge in [0.05, 0.1) is 12.0 Å². The van der Waals surface area contributed by atoms with Gasteiger partial charge in [0.25, 0.3) is 0 Å². The third-order valence-electron chi connectivity index (χ3n) is 2.30. The summed E-state index contributed by atoms with van der Waals surface area (Å²) in [5.41, 5.74) is 4.76. The van der Waals surface area contributed by atoms with Crippen LogP contribution in [0, 0.1) is 5.41 Å². The molecule has 0 spiro atoms. The van der Waals surface area contributed by atoms with Crippen molar-refractivity contribution in [3.8, 4) is 0 Å². The molecule has 0 atom stereocenters. The number of primary amides is 1. The largest absolute Gasteiger partial charge is 0.380 e. The van der Waals surface area contributed by atoms with Crippen LogP contribution in [0.5, 0.6) is 0 Å². The van der Waals surface area contributed by atoms with Crippen LogP contribution in [0.2, 0.25) is 0 Å². The van der Waals surface area contributed by atoms with Crippen LogP contribution in [0.15, 0.2) is 0 Å². The molecule has 0 bridgehead atoms. The Hall–Kier alpha value is -0.610. The van der Waals surface area contributed by atoms with Crippen LogP contribution in [0.4, 0.5) is 0 Å². The van der Waals surface area contributed by atoms with E-state index in [1.54, 1.807) is 0 Å². The summed E-state index contributed by atoms with van der Waals surface area (Å²) in [5, 5.41) is 3.16. The molecule has 90 valence electrons. The molecule has 0 aliphatic carbocycles. The number of hydrogen-bond donors (Lipinski definition) is 2. The highest BCUT2D eigenvalue weighted by Crippen LogP contribution is 2.11. The summed E-state index contributed by atoms with van der Waals surface area (Å²) >= 11 is 0. The summed E-state index contributed by atoms with van der Waals surface area (Å²) in [6.07, 6.45) is 2.26. The molecule has 0 fully saturated rings. The summed E-state index contributed by atoms with van der Waals surface area (Å²) in [6, 6.07) is 0. The molecule has 3 N–H and O–H groups in total. The van der Waals surface area contributed by atoms with E-state index in [9.17, 15) is 4.79 Å². The number of carbonyl (C=O) groups is 1. The third-order valence-corrected chi connectivity index (χ3v) is 2.30. The number of rotatable bonds is 9. The average Bonchev–Trinajstić information content (AvgIpc) is 2.16. The summed E-state index contributed by atoms with van der Waals surface area (Å²) in [6.45, 7) is 8.67. The lowest BCUT2D eigenvalue weighted by molar-refractivity contribution is -0.125. The highest BCUT2D eigenvalue weighted by Gasteiger charge is 2.23. The fraction of sp³-hybridized carbons (Fsp3) is 0.909. The van der Waals surface area contributed by atoms with E-state index in [1.807, 2.05) is 13.8 Å². The molecule has 0 aromatic rings. The minimum Gasteiger partial charge on any atom is -0.380 e. The second-order valence-corrected chi connectivity index (χ2v) is 4.39. The van der Waals surface area contributed by atoms with E-state index in [0.29, 0.717) is 13.2 Å². The summed E-state index contributed by atoms with van der Waals surface area (Å²) in [4.78, 5) is 11.0. The zero-order valence-electron chi connectivity index (χ0n) is 10.1. The SMILES string of the molecule is CCCCOCCNCC(C)(C)C(N)=O. The molecular formula is C11H24N2O2. The third kappa shape index (κ3) is 7.33. The van der Waals surface area contributed by atoms with Gasteiger partial charge in [-0.1, -0.05) is 13.3 Å². The number of nitrogens with two attached hydrogens (primary N) is 1. The van der Waals surface area contributed by atoms with Crippen molar-refractivity contribution >= 4 is 5.91 Å². The maximum Gasteiger partial charge on any atom is 0.224 e. The Kier molecular flexibility index (Phi) is 7.34. The molecule has 0 aliphatic heterocycles. The van der Waals surface area contributed by atoms with Gasteiger partial charge in [-0.05, 0) is 20.3 Å². The van der Waals surface area contributed by atoms with Crippen LogP contribution in [-0.2, 0) is 9.53 Å². The first-order chi connectivity index (χ1) is 7.00. The number of ether oxygens (including phenoxy) is 1. The lowest BCUT2D eigenvalue weighted by Crippen LogP contribution is -2.41. The minimum absolute atomic E-state index is 0.276. The van der Waals surface area contributed by atoms with Crippen LogP contribution < -0.4 is 11.1 Å². The van der Waals surface area contributed by atoms with Crippen LogP contribution in [0.25, 0.3) is 0 Å². The van der Waals surface area contributed by atoms with Gasteiger partial charge in [-0.15, -0.1) is 0 Å². The molecule has 0 radical (unpaired) electrons. The van der Waals surface area contributed by atoms with E-state index in [4.69, 9.17) is 10.5 Å². The van der Waals surface area contributed by atoms with E-state index in [1.165, 1.54) is 0 Å². The summed E-state index contributed by atoms with van der Waals surface area (Å²) in [5.74, 6) is -0.276. The Labute approximate surface area is 92.6 Å². The normalized spacial score (nSPS) is 11.7. The number of unbranched alkanes of at least 4 members (excludes halogenated alkanes) is 1. The van der Waals surface area contributed by atoms with Crippen molar-refractivity contribution in [3.63, 3.8) is 0 Å². The molecular weight excluding hydrogens is 192 g/mol. The number of hydrogen-bond acceptors (Lipinski definition) is 3. The maximum absolute atomic E-state index is 11.0. The van der Waals surface area contributed by atoms with Gasteiger partial charge >= 0.3 is 0 Å². The molecule has 0 saturated heterocycles. The van der Waals surface area contributed by atoms with Crippen LogP contribution >= 0.6 is 0 Å². The highest BCUT2D eigenvalue weighted by molar-refractivity contribution is 5.80. The maximum atomic E-state index is 11.0. The number of carbonyl (C=O) groups excluding carboxylic acids is 1. The predicted molar refractivity (Wildman–Crippen MR) is 61.6 cm³/mol. The van der Waals surface area contributed by atoms with Crippen molar-refractivity contribution < 1.29 is 9.53 Å². The van der Waals surface area contributed by atoms with Gasteiger partial charge in [-0.25, -0.2) is 0 Å². The van der Waals surface area contributed by atoms with E-state index < -0.39 is 5.41 Å². The Balaban J connectivity index is 3.35. The number of amides is 1. The van der Waals surface area contributed by atoms with Crippen LogP contribution in [0.1, 0.15) is 33.6 Å². The fourth-order valence-corrected chi connectivity index (χ4v) is 0.981. The standard InChI is InChI=1S/C11H24N2O2/c1-4-5-7-15-8-6-13-9-11(2,3)10(12)14/h13H,4-9H2,1-3H3,(H2,12,14). The van der Waals surface area contributed by atoms with Crippen molar-refractivity contribution in [2.24, 2.45) is 11.1 Å². The Morgan fingerprint density at radius 1 is 1.40 bits per heavy atom. The van der Waals surface area contributed by atoms with E-state index in [0.717, 1.165) is 26.0 Å². The molecule has 0 aliphatic rings. The summed E-state index contributed by atoms with van der Waals surface area (Å²) < 4.78 is 5.37. The Morgan fingerprint density at radius 3 is 2.60 bits per heavy atom. The lowest BCUT2D eigenvalue weighted by Gasteiger charge is -2.20. The molecule has 0 heterocycles. The van der Waals surface area contributed by atoms with Crippen LogP contribution in [0.3, 0.4) is 0 Å². The molecule has 0 saturated carbocycles. The average molecular weight is 216 g/mol. The molecule has 4 nitrogen and oxygen atoms in total. The second kappa shape index (κ2) is 7.65. The Bertz CT molecular complexity index is 181. The zero-order valence-corrected chi connectivity index (χ0v) is 10.1. The monoisotopic (exact) mass is 216 g/mol. The molecule has 15 heavy (non-hydrogen) atoms. The molecule has 0 rings (SSSR count). The van der Waals surface area contributed by atoms with Gasteiger partial charge < -0.3 is 15.8 Å². The molecule has 4 heteroatoms. The number of nitrogens with one attached hydrogen (secondary N) is 1. The van der Waals surface area contributed by atoms with Gasteiger partial charge in [-0.3, -0.25) is 4.79 Å². The van der Waals surface area contributed by atoms with E-state index in [-0.39, 0.29) is 5.91 Å². The highest BCUT2D eigenvalue weighted by atomic mass is 16.5. The topological polar surface area (TPSA) is 64.3 Å². The van der Waals surface area contributed by atoms with Gasteiger partial charge in [0.15, 0.2) is 0 Å². The van der Waals surface area contributed by atoms with Crippen molar-refractivity contribution in [1.29, 1.82) is 0 Å². The van der Waals surface area contributed by atoms with Crippen molar-refractivity contribution in [1.82, 2.24) is 5.32 Å². The fourth-order valence-electron chi connectivity index (χ4n) is 0.981. The zero-order chi connectivity index (χ0) is 11.7. The minimum atomic E-state index is -0.483. The van der Waals surface area contributed by atoms with Gasteiger partial charge in [0, 0.05) is 19.7 Å². The molecule has 0 aromatic heterocycles. The van der Waals surface area contributed by atoms with Gasteiger partial charge in [-0.2, -0.15) is 0 Å². The molecule has 0 aromatic carbocycles. The van der Waals surface area contributed by atoms with Crippen LogP contribution in [-0.4, -0.2) is 32.2 Å². The smallest absolute Gasteiger partial charge is 0.224 e.